The fourth-order valence-corrected chi connectivity index (χ4v) is 2.61. The van der Waals surface area contributed by atoms with Crippen LogP contribution >= 0.6 is 0 Å². The number of hydrogen-bond donors (Lipinski definition) is 1. The Bertz CT molecular complexity index is 570. The predicted octanol–water partition coefficient (Wildman–Crippen LogP) is 1.90. The van der Waals surface area contributed by atoms with Gasteiger partial charge < -0.3 is 9.84 Å². The Labute approximate surface area is 122 Å². The summed E-state index contributed by atoms with van der Waals surface area (Å²) in [5.41, 5.74) is -0.448. The van der Waals surface area contributed by atoms with Crippen molar-refractivity contribution >= 4 is 11.7 Å². The van der Waals surface area contributed by atoms with Gasteiger partial charge in [-0.3, -0.25) is 15.0 Å². The molecule has 1 saturated heterocycles. The van der Waals surface area contributed by atoms with Crippen LogP contribution in [-0.2, 0) is 11.3 Å². The van der Waals surface area contributed by atoms with E-state index in [2.05, 4.69) is 4.90 Å². The lowest BCUT2D eigenvalue weighted by Crippen LogP contribution is -2.47. The first-order valence-electron chi connectivity index (χ1n) is 6.66. The average Bonchev–Trinajstić information content (AvgIpc) is 2.36. The van der Waals surface area contributed by atoms with E-state index >= 15 is 0 Å². The molecule has 1 aromatic rings. The molecular formula is C14H18N2O5. The molecule has 0 amide bonds. The molecule has 0 aliphatic carbocycles. The van der Waals surface area contributed by atoms with Crippen molar-refractivity contribution in [2.75, 3.05) is 19.7 Å². The van der Waals surface area contributed by atoms with E-state index in [-0.39, 0.29) is 16.9 Å². The Morgan fingerprint density at radius 1 is 1.52 bits per heavy atom. The summed E-state index contributed by atoms with van der Waals surface area (Å²) >= 11 is 0. The van der Waals surface area contributed by atoms with Gasteiger partial charge in [-0.05, 0) is 19.4 Å². The van der Waals surface area contributed by atoms with Gasteiger partial charge in [-0.25, -0.2) is 4.79 Å². The second-order valence-electron chi connectivity index (χ2n) is 5.69. The van der Waals surface area contributed by atoms with E-state index in [1.165, 1.54) is 12.1 Å². The SMILES string of the molecule is CC1(C)CN(Cc2cccc([N+](=O)[O-])c2C(=O)O)CCO1. The first kappa shape index (κ1) is 15.4. The Balaban J connectivity index is 2.29. The molecule has 0 atom stereocenters. The minimum Gasteiger partial charge on any atom is -0.477 e. The van der Waals surface area contributed by atoms with Gasteiger partial charge in [0.25, 0.3) is 5.69 Å². The zero-order valence-corrected chi connectivity index (χ0v) is 12.0. The lowest BCUT2D eigenvalue weighted by atomic mass is 10.0. The van der Waals surface area contributed by atoms with Gasteiger partial charge >= 0.3 is 5.97 Å². The molecule has 1 aliphatic rings. The molecule has 1 N–H and O–H groups in total. The molecule has 1 heterocycles. The van der Waals surface area contributed by atoms with Crippen molar-refractivity contribution in [3.63, 3.8) is 0 Å². The summed E-state index contributed by atoms with van der Waals surface area (Å²) in [5.74, 6) is -1.27. The van der Waals surface area contributed by atoms with E-state index in [1.807, 2.05) is 13.8 Å². The number of carboxylic acids is 1. The predicted molar refractivity (Wildman–Crippen MR) is 75.4 cm³/mol. The van der Waals surface area contributed by atoms with Crippen molar-refractivity contribution in [2.24, 2.45) is 0 Å². The first-order valence-corrected chi connectivity index (χ1v) is 6.66. The number of hydrogen-bond acceptors (Lipinski definition) is 5. The van der Waals surface area contributed by atoms with Crippen LogP contribution in [0.15, 0.2) is 18.2 Å². The number of carbonyl (C=O) groups is 1. The Morgan fingerprint density at radius 2 is 2.24 bits per heavy atom. The normalized spacial score (nSPS) is 18.4. The van der Waals surface area contributed by atoms with Gasteiger partial charge in [-0.2, -0.15) is 0 Å². The number of morpholine rings is 1. The monoisotopic (exact) mass is 294 g/mol. The number of nitro benzene ring substituents is 1. The van der Waals surface area contributed by atoms with Gasteiger partial charge in [-0.15, -0.1) is 0 Å². The van der Waals surface area contributed by atoms with Gasteiger partial charge in [0.05, 0.1) is 17.1 Å². The lowest BCUT2D eigenvalue weighted by Gasteiger charge is -2.38. The van der Waals surface area contributed by atoms with Crippen LogP contribution < -0.4 is 0 Å². The molecule has 0 aromatic heterocycles. The molecule has 0 spiro atoms. The summed E-state index contributed by atoms with van der Waals surface area (Å²) in [6.07, 6.45) is 0. The summed E-state index contributed by atoms with van der Waals surface area (Å²) in [5, 5.41) is 20.3. The maximum absolute atomic E-state index is 11.4. The van der Waals surface area contributed by atoms with E-state index in [9.17, 15) is 20.0 Å². The maximum atomic E-state index is 11.4. The third kappa shape index (κ3) is 3.56. The highest BCUT2D eigenvalue weighted by Crippen LogP contribution is 2.25. The van der Waals surface area contributed by atoms with E-state index < -0.39 is 10.9 Å². The highest BCUT2D eigenvalue weighted by atomic mass is 16.6. The molecule has 114 valence electrons. The topological polar surface area (TPSA) is 92.9 Å². The highest BCUT2D eigenvalue weighted by molar-refractivity contribution is 5.94. The molecule has 0 bridgehead atoms. The molecule has 1 fully saturated rings. The fourth-order valence-electron chi connectivity index (χ4n) is 2.61. The third-order valence-corrected chi connectivity index (χ3v) is 3.44. The van der Waals surface area contributed by atoms with Gasteiger partial charge in [0, 0.05) is 25.7 Å². The Morgan fingerprint density at radius 3 is 2.81 bits per heavy atom. The molecule has 1 aliphatic heterocycles. The molecule has 0 radical (unpaired) electrons. The summed E-state index contributed by atoms with van der Waals surface area (Å²) in [6, 6.07) is 4.36. The largest absolute Gasteiger partial charge is 0.477 e. The summed E-state index contributed by atoms with van der Waals surface area (Å²) in [7, 11) is 0. The zero-order valence-electron chi connectivity index (χ0n) is 12.0. The van der Waals surface area contributed by atoms with Gasteiger partial charge in [0.2, 0.25) is 0 Å². The molecular weight excluding hydrogens is 276 g/mol. The number of benzene rings is 1. The minimum absolute atomic E-state index is 0.230. The smallest absolute Gasteiger partial charge is 0.343 e. The second-order valence-corrected chi connectivity index (χ2v) is 5.69. The van der Waals surface area contributed by atoms with Crippen molar-refractivity contribution in [3.05, 3.63) is 39.4 Å². The molecule has 0 saturated carbocycles. The van der Waals surface area contributed by atoms with Crippen molar-refractivity contribution in [2.45, 2.75) is 26.0 Å². The molecule has 0 unspecified atom stereocenters. The third-order valence-electron chi connectivity index (χ3n) is 3.44. The second kappa shape index (κ2) is 5.79. The van der Waals surface area contributed by atoms with Crippen LogP contribution in [-0.4, -0.2) is 46.2 Å². The quantitative estimate of drug-likeness (QED) is 0.673. The van der Waals surface area contributed by atoms with E-state index in [0.717, 1.165) is 0 Å². The number of nitro groups is 1. The minimum atomic E-state index is -1.27. The van der Waals surface area contributed by atoms with Crippen molar-refractivity contribution in [1.29, 1.82) is 0 Å². The number of rotatable bonds is 4. The Kier molecular flexibility index (Phi) is 4.24. The van der Waals surface area contributed by atoms with Gasteiger partial charge in [-0.1, -0.05) is 12.1 Å². The summed E-state index contributed by atoms with van der Waals surface area (Å²) < 4.78 is 5.61. The van der Waals surface area contributed by atoms with Gasteiger partial charge in [0.15, 0.2) is 0 Å². The van der Waals surface area contributed by atoms with Crippen LogP contribution in [0.5, 0.6) is 0 Å². The zero-order chi connectivity index (χ0) is 15.6. The molecule has 1 aromatic carbocycles. The van der Waals surface area contributed by atoms with Crippen LogP contribution in [0, 0.1) is 10.1 Å². The summed E-state index contributed by atoms with van der Waals surface area (Å²) in [4.78, 5) is 23.7. The maximum Gasteiger partial charge on any atom is 0.343 e. The van der Waals surface area contributed by atoms with Crippen LogP contribution in [0.4, 0.5) is 5.69 Å². The molecule has 7 heteroatoms. The van der Waals surface area contributed by atoms with Crippen molar-refractivity contribution in [3.8, 4) is 0 Å². The van der Waals surface area contributed by atoms with Crippen LogP contribution in [0.2, 0.25) is 0 Å². The standard InChI is InChI=1S/C14H18N2O5/c1-14(2)9-15(6-7-21-14)8-10-4-3-5-11(16(19)20)12(10)13(17)18/h3-5H,6-9H2,1-2H3,(H,17,18). The number of nitrogens with zero attached hydrogens (tertiary/aromatic N) is 2. The molecule has 21 heavy (non-hydrogen) atoms. The molecule has 2 rings (SSSR count). The average molecular weight is 294 g/mol. The number of aromatic carboxylic acids is 1. The summed E-state index contributed by atoms with van der Waals surface area (Å²) in [6.45, 7) is 6.16. The fraction of sp³-hybridized carbons (Fsp3) is 0.500. The van der Waals surface area contributed by atoms with Crippen LogP contribution in [0.1, 0.15) is 29.8 Å². The molecule has 7 nitrogen and oxygen atoms in total. The van der Waals surface area contributed by atoms with Crippen molar-refractivity contribution < 1.29 is 19.6 Å². The number of carboxylic acid groups (broad SMARTS) is 1. The van der Waals surface area contributed by atoms with E-state index in [1.54, 1.807) is 6.07 Å². The number of ether oxygens (including phenoxy) is 1. The van der Waals surface area contributed by atoms with Crippen molar-refractivity contribution in [1.82, 2.24) is 4.90 Å². The lowest BCUT2D eigenvalue weighted by molar-refractivity contribution is -0.385. The Hall–Kier alpha value is -1.99. The highest BCUT2D eigenvalue weighted by Gasteiger charge is 2.29. The van der Waals surface area contributed by atoms with E-state index in [4.69, 9.17) is 4.74 Å². The first-order chi connectivity index (χ1) is 9.80. The van der Waals surface area contributed by atoms with Crippen LogP contribution in [0.3, 0.4) is 0 Å². The van der Waals surface area contributed by atoms with Gasteiger partial charge in [0.1, 0.15) is 5.56 Å². The van der Waals surface area contributed by atoms with E-state index in [0.29, 0.717) is 31.8 Å². The van der Waals surface area contributed by atoms with Crippen LogP contribution in [0.25, 0.3) is 0 Å².